The summed E-state index contributed by atoms with van der Waals surface area (Å²) in [5.41, 5.74) is 13.2. The van der Waals surface area contributed by atoms with Crippen LogP contribution < -0.4 is 0 Å². The van der Waals surface area contributed by atoms with Crippen molar-refractivity contribution in [3.8, 4) is 67.7 Å². The molecule has 6 heteroatoms. The molecule has 0 unspecified atom stereocenters. The Kier molecular flexibility index (Phi) is 8.13. The van der Waals surface area contributed by atoms with Crippen molar-refractivity contribution >= 4 is 75.0 Å². The minimum absolute atomic E-state index is 0.191. The molecule has 1 aliphatic carbocycles. The largest absolute Gasteiger partial charge is 0.456 e. The van der Waals surface area contributed by atoms with Crippen LogP contribution in [0.4, 0.5) is 0 Å². The van der Waals surface area contributed by atoms with E-state index in [4.69, 9.17) is 24.4 Å². The summed E-state index contributed by atoms with van der Waals surface area (Å²) in [6.07, 6.45) is 1.88. The first-order valence-corrected chi connectivity index (χ1v) is 23.5. The quantitative estimate of drug-likeness (QED) is 0.172. The third-order valence-corrected chi connectivity index (χ3v) is 15.2. The summed E-state index contributed by atoms with van der Waals surface area (Å²) in [4.78, 5) is 20.9. The minimum Gasteiger partial charge on any atom is -0.456 e. The van der Waals surface area contributed by atoms with E-state index in [1.165, 1.54) is 53.2 Å². The van der Waals surface area contributed by atoms with Crippen LogP contribution in [0.2, 0.25) is 0 Å². The van der Waals surface area contributed by atoms with Gasteiger partial charge in [0.25, 0.3) is 0 Å². The second kappa shape index (κ2) is 14.3. The zero-order valence-corrected chi connectivity index (χ0v) is 37.4. The molecule has 0 saturated carbocycles. The van der Waals surface area contributed by atoms with Gasteiger partial charge in [-0.1, -0.05) is 153 Å². The lowest BCUT2D eigenvalue weighted by molar-refractivity contribution is 0.660. The van der Waals surface area contributed by atoms with Crippen molar-refractivity contribution < 1.29 is 4.42 Å². The average molecular weight is 875 g/mol. The number of fused-ring (bicyclic) bond motifs is 12. The monoisotopic (exact) mass is 874 g/mol. The Hall–Kier alpha value is -8.32. The molecule has 4 aromatic heterocycles. The summed E-state index contributed by atoms with van der Waals surface area (Å²) >= 11 is 1.86. The second-order valence-corrected chi connectivity index (χ2v) is 19.2. The van der Waals surface area contributed by atoms with Gasteiger partial charge in [-0.15, -0.1) is 11.3 Å². The molecular weight excluding hydrogens is 837 g/mol. The highest BCUT2D eigenvalue weighted by Crippen LogP contribution is 2.50. The Bertz CT molecular complexity index is 4210. The van der Waals surface area contributed by atoms with Crippen LogP contribution in [-0.4, -0.2) is 19.9 Å². The van der Waals surface area contributed by atoms with Gasteiger partial charge in [0.1, 0.15) is 11.2 Å². The number of para-hydroxylation sites is 1. The second-order valence-electron chi connectivity index (χ2n) is 18.2. The first-order valence-electron chi connectivity index (χ1n) is 22.7. The van der Waals surface area contributed by atoms with Crippen LogP contribution in [0, 0.1) is 0 Å². The number of furan rings is 1. The number of thiophene rings is 1. The fourth-order valence-corrected chi connectivity index (χ4v) is 11.9. The lowest BCUT2D eigenvalue weighted by Crippen LogP contribution is -2.15. The highest BCUT2D eigenvalue weighted by Gasteiger charge is 2.35. The predicted molar refractivity (Wildman–Crippen MR) is 278 cm³/mol. The van der Waals surface area contributed by atoms with Crippen molar-refractivity contribution in [3.05, 3.63) is 205 Å². The Morgan fingerprint density at radius 2 is 1.10 bits per heavy atom. The highest BCUT2D eigenvalue weighted by molar-refractivity contribution is 7.26. The maximum Gasteiger partial charge on any atom is 0.164 e. The van der Waals surface area contributed by atoms with Gasteiger partial charge in [-0.25, -0.2) is 15.0 Å². The van der Waals surface area contributed by atoms with Gasteiger partial charge < -0.3 is 4.42 Å². The molecule has 0 N–H and O–H groups in total. The van der Waals surface area contributed by atoms with Gasteiger partial charge >= 0.3 is 0 Å². The van der Waals surface area contributed by atoms with Crippen LogP contribution in [-0.2, 0) is 5.41 Å². The topological polar surface area (TPSA) is 64.7 Å². The van der Waals surface area contributed by atoms with Gasteiger partial charge in [-0.2, -0.15) is 0 Å². The van der Waals surface area contributed by atoms with Gasteiger partial charge in [0.2, 0.25) is 0 Å². The Morgan fingerprint density at radius 1 is 0.418 bits per heavy atom. The zero-order chi connectivity index (χ0) is 44.4. The molecular formula is C61H38N4OS. The van der Waals surface area contributed by atoms with Crippen LogP contribution in [0.25, 0.3) is 131 Å². The van der Waals surface area contributed by atoms with E-state index in [0.717, 1.165) is 71.8 Å². The molecule has 0 amide bonds. The SMILES string of the molecule is CC1(C)c2ccccc2-c2ccc(-c3nc(-c4cccc(-c5nccc6ccccc56)c4)nc(-c4cc(-c5ccc6sc7c8ccccc8ccc7c6c5)c5c(c4)oc4ccccc45)n3)cc21. The number of pyridine rings is 1. The first-order chi connectivity index (χ1) is 32.9. The van der Waals surface area contributed by atoms with E-state index in [2.05, 4.69) is 190 Å². The van der Waals surface area contributed by atoms with E-state index in [1.807, 2.05) is 29.7 Å². The zero-order valence-electron chi connectivity index (χ0n) is 36.6. The van der Waals surface area contributed by atoms with Crippen LogP contribution in [0.1, 0.15) is 25.0 Å². The molecule has 0 atom stereocenters. The minimum atomic E-state index is -0.191. The molecule has 67 heavy (non-hydrogen) atoms. The Morgan fingerprint density at radius 3 is 1.97 bits per heavy atom. The molecule has 0 saturated heterocycles. The summed E-state index contributed by atoms with van der Waals surface area (Å²) in [6.45, 7) is 4.61. The molecule has 1 aliphatic rings. The van der Waals surface area contributed by atoms with E-state index in [1.54, 1.807) is 0 Å². The van der Waals surface area contributed by atoms with E-state index in [0.29, 0.717) is 17.5 Å². The van der Waals surface area contributed by atoms with Crippen molar-refractivity contribution in [1.82, 2.24) is 19.9 Å². The number of benzene rings is 9. The molecule has 0 fully saturated rings. The first kappa shape index (κ1) is 38.0. The maximum absolute atomic E-state index is 6.73. The van der Waals surface area contributed by atoms with Crippen molar-refractivity contribution in [3.63, 3.8) is 0 Å². The molecule has 0 radical (unpaired) electrons. The van der Waals surface area contributed by atoms with Gasteiger partial charge in [0, 0.05) is 70.2 Å². The summed E-state index contributed by atoms with van der Waals surface area (Å²) in [7, 11) is 0. The fraction of sp³-hybridized carbons (Fsp3) is 0.0492. The number of hydrogen-bond donors (Lipinski definition) is 0. The van der Waals surface area contributed by atoms with Crippen molar-refractivity contribution in [2.24, 2.45) is 0 Å². The van der Waals surface area contributed by atoms with Gasteiger partial charge in [0.05, 0.1) is 5.69 Å². The lowest BCUT2D eigenvalue weighted by Gasteiger charge is -2.21. The van der Waals surface area contributed by atoms with Crippen molar-refractivity contribution in [1.29, 1.82) is 0 Å². The molecule has 13 aromatic rings. The highest BCUT2D eigenvalue weighted by atomic mass is 32.1. The molecule has 0 bridgehead atoms. The third kappa shape index (κ3) is 5.86. The third-order valence-electron chi connectivity index (χ3n) is 14.0. The van der Waals surface area contributed by atoms with Gasteiger partial charge in [-0.05, 0) is 98.1 Å². The number of hydrogen-bond acceptors (Lipinski definition) is 6. The van der Waals surface area contributed by atoms with Crippen LogP contribution >= 0.6 is 11.3 Å². The van der Waals surface area contributed by atoms with E-state index < -0.39 is 0 Å². The van der Waals surface area contributed by atoms with Gasteiger partial charge in [0.15, 0.2) is 17.5 Å². The van der Waals surface area contributed by atoms with E-state index >= 15 is 0 Å². The lowest BCUT2D eigenvalue weighted by atomic mass is 9.82. The standard InChI is InChI=1S/C61H38N4OS/c1-61(2)50-20-9-7-18-44(50)45-25-23-40(33-51(45)61)59-63-58(39-15-11-14-38(30-39)56-42-16-5-3-13-36(42)28-29-62-56)64-60(65-59)41-32-48(55-47-19-8-10-21-52(47)66-53(55)34-41)37-24-27-54-49(31-37)46-26-22-35-12-4-6-17-43(35)57(46)67-54/h3-34H,1-2H3. The van der Waals surface area contributed by atoms with Gasteiger partial charge in [-0.3, -0.25) is 4.98 Å². The Balaban J connectivity index is 0.993. The number of rotatable bonds is 5. The molecule has 0 aliphatic heterocycles. The average Bonchev–Trinajstić information content (AvgIpc) is 4.03. The van der Waals surface area contributed by atoms with Crippen LogP contribution in [0.15, 0.2) is 199 Å². The molecule has 5 nitrogen and oxygen atoms in total. The summed E-state index contributed by atoms with van der Waals surface area (Å²) in [5.74, 6) is 1.75. The smallest absolute Gasteiger partial charge is 0.164 e. The number of nitrogens with zero attached hydrogens (tertiary/aromatic N) is 4. The van der Waals surface area contributed by atoms with Crippen LogP contribution in [0.3, 0.4) is 0 Å². The summed E-state index contributed by atoms with van der Waals surface area (Å²) in [6, 6.07) is 67.0. The number of aromatic nitrogens is 4. The summed E-state index contributed by atoms with van der Waals surface area (Å²) < 4.78 is 9.29. The molecule has 9 aromatic carbocycles. The Labute approximate surface area is 389 Å². The van der Waals surface area contributed by atoms with Crippen LogP contribution in [0.5, 0.6) is 0 Å². The van der Waals surface area contributed by atoms with Crippen molar-refractivity contribution in [2.75, 3.05) is 0 Å². The van der Waals surface area contributed by atoms with E-state index in [-0.39, 0.29) is 5.41 Å². The molecule has 4 heterocycles. The van der Waals surface area contributed by atoms with Crippen molar-refractivity contribution in [2.45, 2.75) is 19.3 Å². The molecule has 0 spiro atoms. The maximum atomic E-state index is 6.73. The predicted octanol–water partition coefficient (Wildman–Crippen LogP) is 16.5. The normalized spacial score (nSPS) is 13.0. The fourth-order valence-electron chi connectivity index (χ4n) is 10.6. The molecule has 314 valence electrons. The summed E-state index contributed by atoms with van der Waals surface area (Å²) in [5, 5.41) is 9.40. The molecule has 14 rings (SSSR count). The van der Waals surface area contributed by atoms with E-state index in [9.17, 15) is 0 Å².